The lowest BCUT2D eigenvalue weighted by Crippen LogP contribution is -2.67. The maximum absolute atomic E-state index is 15.5. The van der Waals surface area contributed by atoms with E-state index >= 15 is 4.79 Å². The SMILES string of the molecule is C[C@]12CC[C@H]3[C@]4(C=C[C@@]5(C=C4C(=O)c4ccccc4-c4ccccc4)CC(O)CC[C@]35C)[C@@H]1CC[C@@]2(O)CN(Cc1ccc(OC(F)(F)F)cc1)C(=O)Nc1ccccc1. The van der Waals surface area contributed by atoms with Gasteiger partial charge in [0, 0.05) is 39.6 Å². The number of nitrogens with one attached hydrogen (secondary N) is 1. The van der Waals surface area contributed by atoms with Crippen LogP contribution in [0.5, 0.6) is 5.75 Å². The van der Waals surface area contributed by atoms with Crippen molar-refractivity contribution in [3.05, 3.63) is 144 Å². The van der Waals surface area contributed by atoms with E-state index in [1.807, 2.05) is 72.8 Å². The van der Waals surface area contributed by atoms with Gasteiger partial charge in [-0.25, -0.2) is 4.79 Å². The zero-order valence-corrected chi connectivity index (χ0v) is 33.9. The van der Waals surface area contributed by atoms with Gasteiger partial charge in [0.15, 0.2) is 5.78 Å². The Morgan fingerprint density at radius 2 is 1.43 bits per heavy atom. The standard InChI is InChI=1S/C50H51F3N2O5/c1-45-24-21-36(56)29-47(45)27-28-49(40(30-47)43(57)39-16-10-9-15-38(39)34-11-5-3-6-12-34)41(45)22-25-46(2)42(49)23-26-48(46,59)32-55(44(58)54-35-13-7-4-8-14-35)31-33-17-19-37(20-18-33)60-50(51,52)53/h3-20,27-28,30,36,41-42,56,59H,21-26,29,31-32H2,1-2H3,(H,54,58)/t36?,41-,42-,45-,46+,47+,48-,49-/m1/s1. The highest BCUT2D eigenvalue weighted by Crippen LogP contribution is 2.78. The molecule has 312 valence electrons. The van der Waals surface area contributed by atoms with Crippen LogP contribution in [-0.2, 0) is 6.54 Å². The zero-order valence-electron chi connectivity index (χ0n) is 33.9. The number of halogens is 3. The molecule has 0 heterocycles. The molecule has 0 aliphatic heterocycles. The number of hydrogen-bond acceptors (Lipinski definition) is 5. The van der Waals surface area contributed by atoms with Crippen LogP contribution in [0.15, 0.2) is 133 Å². The van der Waals surface area contributed by atoms with Crippen LogP contribution < -0.4 is 10.1 Å². The summed E-state index contributed by atoms with van der Waals surface area (Å²) in [4.78, 5) is 31.3. The molecule has 1 unspecified atom stereocenters. The number of carbonyl (C=O) groups excluding carboxylic acids is 2. The Labute approximate surface area is 349 Å². The molecule has 3 saturated carbocycles. The monoisotopic (exact) mass is 816 g/mol. The van der Waals surface area contributed by atoms with Gasteiger partial charge in [0.1, 0.15) is 5.75 Å². The predicted octanol–water partition coefficient (Wildman–Crippen LogP) is 10.8. The van der Waals surface area contributed by atoms with E-state index in [1.165, 1.54) is 24.3 Å². The van der Waals surface area contributed by atoms with E-state index in [1.54, 1.807) is 17.0 Å². The number of aliphatic hydroxyl groups is 2. The highest BCUT2D eigenvalue weighted by Gasteiger charge is 2.74. The van der Waals surface area contributed by atoms with E-state index in [4.69, 9.17) is 0 Å². The topological polar surface area (TPSA) is 99.1 Å². The maximum Gasteiger partial charge on any atom is 0.573 e. The van der Waals surface area contributed by atoms with Gasteiger partial charge in [-0.15, -0.1) is 13.2 Å². The molecule has 10 rings (SSSR count). The van der Waals surface area contributed by atoms with E-state index < -0.39 is 40.3 Å². The average Bonchev–Trinajstić information content (AvgIpc) is 3.50. The summed E-state index contributed by atoms with van der Waals surface area (Å²) in [6, 6.07) is 31.7. The van der Waals surface area contributed by atoms with E-state index in [2.05, 4.69) is 42.1 Å². The number of ether oxygens (including phenoxy) is 1. The van der Waals surface area contributed by atoms with Crippen LogP contribution in [0.3, 0.4) is 0 Å². The van der Waals surface area contributed by atoms with Gasteiger partial charge in [-0.3, -0.25) is 4.79 Å². The van der Waals surface area contributed by atoms with Crippen molar-refractivity contribution in [3.8, 4) is 16.9 Å². The number of alkyl halides is 3. The lowest BCUT2D eigenvalue weighted by molar-refractivity contribution is -0.274. The average molecular weight is 817 g/mol. The van der Waals surface area contributed by atoms with E-state index in [0.717, 1.165) is 29.5 Å². The van der Waals surface area contributed by atoms with Crippen molar-refractivity contribution in [2.24, 2.45) is 33.5 Å². The second-order valence-electron chi connectivity index (χ2n) is 18.4. The molecule has 4 aromatic carbocycles. The van der Waals surface area contributed by atoms with Crippen molar-refractivity contribution < 1.29 is 37.7 Å². The highest BCUT2D eigenvalue weighted by atomic mass is 19.4. The molecule has 3 fully saturated rings. The minimum Gasteiger partial charge on any atom is -0.406 e. The third-order valence-electron chi connectivity index (χ3n) is 15.5. The summed E-state index contributed by atoms with van der Waals surface area (Å²) in [6.07, 6.45) is 5.92. The number of nitrogens with zero attached hydrogens (tertiary/aromatic N) is 1. The summed E-state index contributed by atoms with van der Waals surface area (Å²) in [6.45, 7) is 4.46. The molecule has 3 N–H and O–H groups in total. The van der Waals surface area contributed by atoms with E-state index in [9.17, 15) is 28.2 Å². The predicted molar refractivity (Wildman–Crippen MR) is 224 cm³/mol. The normalized spacial score (nSPS) is 32.6. The van der Waals surface area contributed by atoms with E-state index in [-0.39, 0.29) is 41.9 Å². The van der Waals surface area contributed by atoms with Gasteiger partial charge in [0.25, 0.3) is 0 Å². The van der Waals surface area contributed by atoms with Crippen molar-refractivity contribution in [2.45, 2.75) is 83.4 Å². The van der Waals surface area contributed by atoms with Crippen molar-refractivity contribution in [3.63, 3.8) is 0 Å². The summed E-state index contributed by atoms with van der Waals surface area (Å²) in [5.41, 5.74) is 0.716. The summed E-state index contributed by atoms with van der Waals surface area (Å²) in [7, 11) is 0. The molecule has 6 aliphatic rings. The van der Waals surface area contributed by atoms with Crippen molar-refractivity contribution in [2.75, 3.05) is 11.9 Å². The second kappa shape index (κ2) is 14.5. The molecule has 8 atom stereocenters. The third kappa shape index (κ3) is 6.40. The summed E-state index contributed by atoms with van der Waals surface area (Å²) in [5, 5.41) is 27.4. The Bertz CT molecular complexity index is 2350. The number of allylic oxidation sites excluding steroid dienone is 4. The zero-order chi connectivity index (χ0) is 42.1. The first kappa shape index (κ1) is 40.2. The number of hydrogen-bond donors (Lipinski definition) is 3. The third-order valence-corrected chi connectivity index (χ3v) is 15.5. The first-order valence-corrected chi connectivity index (χ1v) is 21.1. The smallest absolute Gasteiger partial charge is 0.406 e. The van der Waals surface area contributed by atoms with Crippen molar-refractivity contribution in [1.82, 2.24) is 4.90 Å². The fourth-order valence-electron chi connectivity index (χ4n) is 12.5. The first-order chi connectivity index (χ1) is 28.6. The van der Waals surface area contributed by atoms with Crippen molar-refractivity contribution >= 4 is 17.5 Å². The number of ketones is 1. The number of rotatable bonds is 9. The number of fused-ring (bicyclic) bond motifs is 1. The Hall–Kier alpha value is -5.19. The molecule has 2 amide bonds. The summed E-state index contributed by atoms with van der Waals surface area (Å²) in [5.74, 6) is -0.489. The number of para-hydroxylation sites is 1. The van der Waals surface area contributed by atoms with Crippen LogP contribution >= 0.6 is 0 Å². The van der Waals surface area contributed by atoms with Gasteiger partial charge in [-0.05, 0) is 103 Å². The van der Waals surface area contributed by atoms with Gasteiger partial charge in [-0.1, -0.05) is 117 Å². The largest absolute Gasteiger partial charge is 0.573 e. The number of Topliss-reactive ketones (excluding diaryl/α,β-unsaturated/α-hetero) is 1. The Morgan fingerprint density at radius 3 is 2.15 bits per heavy atom. The number of aliphatic hydroxyl groups excluding tert-OH is 1. The molecule has 2 spiro atoms. The highest BCUT2D eigenvalue weighted by molar-refractivity contribution is 6.14. The molecular formula is C50H51F3N2O5. The number of carbonyl (C=O) groups is 2. The first-order valence-electron chi connectivity index (χ1n) is 21.1. The van der Waals surface area contributed by atoms with Gasteiger partial charge >= 0.3 is 12.4 Å². The Morgan fingerprint density at radius 1 is 0.800 bits per heavy atom. The number of anilines is 1. The van der Waals surface area contributed by atoms with Crippen LogP contribution in [-0.4, -0.2) is 51.5 Å². The van der Waals surface area contributed by atoms with Gasteiger partial charge in [-0.2, -0.15) is 0 Å². The summed E-state index contributed by atoms with van der Waals surface area (Å²) < 4.78 is 43.0. The van der Waals surface area contributed by atoms with Crippen LogP contribution in [0, 0.1) is 33.5 Å². The molecule has 0 aromatic heterocycles. The minimum atomic E-state index is -4.84. The summed E-state index contributed by atoms with van der Waals surface area (Å²) >= 11 is 0. The molecule has 6 aliphatic carbocycles. The molecule has 0 saturated heterocycles. The van der Waals surface area contributed by atoms with Crippen LogP contribution in [0.2, 0.25) is 0 Å². The van der Waals surface area contributed by atoms with Crippen LogP contribution in [0.25, 0.3) is 11.1 Å². The number of benzene rings is 4. The fraction of sp³-hybridized carbons (Fsp3) is 0.400. The van der Waals surface area contributed by atoms with Crippen LogP contribution in [0.1, 0.15) is 74.7 Å². The van der Waals surface area contributed by atoms with Gasteiger partial charge in [0.2, 0.25) is 0 Å². The molecule has 60 heavy (non-hydrogen) atoms. The van der Waals surface area contributed by atoms with Crippen LogP contribution in [0.4, 0.5) is 23.7 Å². The lowest BCUT2D eigenvalue weighted by Gasteiger charge is -2.71. The fourth-order valence-corrected chi connectivity index (χ4v) is 12.5. The molecule has 10 heteroatoms. The van der Waals surface area contributed by atoms with Gasteiger partial charge < -0.3 is 25.2 Å². The van der Waals surface area contributed by atoms with E-state index in [0.29, 0.717) is 48.9 Å². The number of urea groups is 1. The Kier molecular flexibility index (Phi) is 9.71. The van der Waals surface area contributed by atoms with Gasteiger partial charge in [0.05, 0.1) is 18.2 Å². The lowest BCUT2D eigenvalue weighted by atomic mass is 9.32. The molecule has 7 nitrogen and oxygen atoms in total. The second-order valence-corrected chi connectivity index (χ2v) is 18.4. The molecule has 2 bridgehead atoms. The maximum atomic E-state index is 15.5. The Balaban J connectivity index is 1.10. The quantitative estimate of drug-likeness (QED) is 0.115. The molecule has 4 aromatic rings. The molecule has 0 radical (unpaired) electrons. The number of amides is 2. The molecular weight excluding hydrogens is 766 g/mol. The van der Waals surface area contributed by atoms with Crippen molar-refractivity contribution in [1.29, 1.82) is 0 Å². The minimum absolute atomic E-state index is 0.0184.